The quantitative estimate of drug-likeness (QED) is 0.508. The SMILES string of the molecule is C=BCN1CCN(Br)CC(O)C1. The molecule has 68 valence electrons. The first-order valence-corrected chi connectivity index (χ1v) is 4.85. The fourth-order valence-corrected chi connectivity index (χ4v) is 1.86. The molecule has 0 aromatic carbocycles. The maximum absolute atomic E-state index is 9.51. The minimum atomic E-state index is -0.258. The topological polar surface area (TPSA) is 26.7 Å². The Morgan fingerprint density at radius 3 is 2.92 bits per heavy atom. The van der Waals surface area contributed by atoms with Crippen molar-refractivity contribution >= 4 is 29.5 Å². The number of hydrogen-bond donors (Lipinski definition) is 1. The Morgan fingerprint density at radius 1 is 1.50 bits per heavy atom. The minimum absolute atomic E-state index is 0.258. The molecule has 0 saturated carbocycles. The molecule has 0 bridgehead atoms. The van der Waals surface area contributed by atoms with Gasteiger partial charge in [-0.3, -0.25) is 0 Å². The van der Waals surface area contributed by atoms with Gasteiger partial charge in [0.1, 0.15) is 0 Å². The van der Waals surface area contributed by atoms with E-state index in [1.54, 1.807) is 0 Å². The summed E-state index contributed by atoms with van der Waals surface area (Å²) in [6.07, 6.45) is 0.601. The van der Waals surface area contributed by atoms with Crippen LogP contribution >= 0.6 is 16.1 Å². The first-order chi connectivity index (χ1) is 5.72. The van der Waals surface area contributed by atoms with Crippen molar-refractivity contribution in [1.82, 2.24) is 8.83 Å². The fraction of sp³-hybridized carbons (Fsp3) is 0.857. The van der Waals surface area contributed by atoms with Crippen LogP contribution in [0.5, 0.6) is 0 Å². The van der Waals surface area contributed by atoms with Gasteiger partial charge >= 0.3 is 82.2 Å². The molecule has 1 aliphatic heterocycles. The molecule has 1 heterocycles. The zero-order valence-corrected chi connectivity index (χ0v) is 8.70. The van der Waals surface area contributed by atoms with Crippen LogP contribution in [0.3, 0.4) is 0 Å². The van der Waals surface area contributed by atoms with E-state index in [0.717, 1.165) is 26.1 Å². The van der Waals surface area contributed by atoms with Crippen LogP contribution < -0.4 is 0 Å². The summed E-state index contributed by atoms with van der Waals surface area (Å²) in [5, 5.41) is 9.51. The molecule has 0 spiro atoms. The van der Waals surface area contributed by atoms with Gasteiger partial charge in [0.2, 0.25) is 0 Å². The second-order valence-electron chi connectivity index (χ2n) is 3.07. The van der Waals surface area contributed by atoms with E-state index in [2.05, 4.69) is 27.5 Å². The molecule has 1 saturated heterocycles. The Morgan fingerprint density at radius 2 is 2.25 bits per heavy atom. The normalized spacial score (nSPS) is 28.0. The molecule has 1 fully saturated rings. The molecule has 5 heteroatoms. The average Bonchev–Trinajstić information content (AvgIpc) is 2.13. The second-order valence-corrected chi connectivity index (χ2v) is 4.07. The monoisotopic (exact) mass is 232 g/mol. The first-order valence-electron chi connectivity index (χ1n) is 4.14. The Labute approximate surface area is 82.6 Å². The van der Waals surface area contributed by atoms with Gasteiger partial charge in [-0.15, -0.1) is 0 Å². The second kappa shape index (κ2) is 5.12. The number of aliphatic hydroxyl groups excluding tert-OH is 1. The number of hydrogen-bond acceptors (Lipinski definition) is 3. The molecular weight excluding hydrogens is 219 g/mol. The van der Waals surface area contributed by atoms with Crippen LogP contribution in [-0.4, -0.2) is 66.0 Å². The van der Waals surface area contributed by atoms with Crippen molar-refractivity contribution in [2.24, 2.45) is 0 Å². The number of halogens is 1. The maximum atomic E-state index is 9.51. The van der Waals surface area contributed by atoms with E-state index in [4.69, 9.17) is 0 Å². The van der Waals surface area contributed by atoms with Crippen molar-refractivity contribution in [2.45, 2.75) is 6.10 Å². The predicted octanol–water partition coefficient (Wildman–Crippen LogP) is -0.632. The molecule has 1 aliphatic rings. The van der Waals surface area contributed by atoms with Gasteiger partial charge in [-0.2, -0.15) is 0 Å². The third kappa shape index (κ3) is 3.35. The van der Waals surface area contributed by atoms with E-state index >= 15 is 0 Å². The van der Waals surface area contributed by atoms with Gasteiger partial charge in [-0.1, -0.05) is 0 Å². The molecule has 1 rings (SSSR count). The van der Waals surface area contributed by atoms with Crippen molar-refractivity contribution in [1.29, 1.82) is 0 Å². The van der Waals surface area contributed by atoms with Gasteiger partial charge in [0, 0.05) is 0 Å². The van der Waals surface area contributed by atoms with Crippen molar-refractivity contribution < 1.29 is 5.11 Å². The number of β-amino-alcohol motifs (C(OH)–C–C–N with tert-alkyl or cyclic N) is 1. The van der Waals surface area contributed by atoms with Crippen molar-refractivity contribution in [3.63, 3.8) is 0 Å². The third-order valence-corrected chi connectivity index (χ3v) is 2.57. The molecule has 1 N–H and O–H groups in total. The average molecular weight is 233 g/mol. The summed E-state index contributed by atoms with van der Waals surface area (Å²) < 4.78 is 1.97. The van der Waals surface area contributed by atoms with E-state index < -0.39 is 0 Å². The van der Waals surface area contributed by atoms with Crippen LogP contribution in [-0.2, 0) is 0 Å². The van der Waals surface area contributed by atoms with Gasteiger partial charge in [-0.05, 0) is 0 Å². The predicted molar refractivity (Wildman–Crippen MR) is 55.8 cm³/mol. The third-order valence-electron chi connectivity index (χ3n) is 1.92. The Kier molecular flexibility index (Phi) is 4.42. The van der Waals surface area contributed by atoms with Crippen LogP contribution in [0.25, 0.3) is 0 Å². The van der Waals surface area contributed by atoms with Crippen molar-refractivity contribution in [3.05, 3.63) is 0 Å². The van der Waals surface area contributed by atoms with Gasteiger partial charge < -0.3 is 0 Å². The van der Waals surface area contributed by atoms with Crippen molar-refractivity contribution in [2.75, 3.05) is 32.6 Å². The molecule has 12 heavy (non-hydrogen) atoms. The fourth-order valence-electron chi connectivity index (χ4n) is 1.37. The van der Waals surface area contributed by atoms with Crippen LogP contribution in [0.4, 0.5) is 0 Å². The first kappa shape index (κ1) is 10.4. The molecule has 0 aromatic heterocycles. The van der Waals surface area contributed by atoms with E-state index in [1.165, 1.54) is 0 Å². The van der Waals surface area contributed by atoms with Gasteiger partial charge in [-0.25, -0.2) is 0 Å². The molecule has 1 unspecified atom stereocenters. The molecule has 1 atom stereocenters. The zero-order chi connectivity index (χ0) is 8.97. The van der Waals surface area contributed by atoms with Gasteiger partial charge in [0.25, 0.3) is 0 Å². The molecule has 0 aliphatic carbocycles. The number of aliphatic hydroxyl groups is 1. The molecule has 0 amide bonds. The van der Waals surface area contributed by atoms with E-state index in [0.29, 0.717) is 6.54 Å². The van der Waals surface area contributed by atoms with Crippen LogP contribution in [0.1, 0.15) is 0 Å². The van der Waals surface area contributed by atoms with Gasteiger partial charge in [0.05, 0.1) is 0 Å². The summed E-state index contributed by atoms with van der Waals surface area (Å²) >= 11 is 3.38. The molecule has 3 nitrogen and oxygen atoms in total. The number of nitrogens with zero attached hydrogens (tertiary/aromatic N) is 2. The number of rotatable bonds is 2. The standard InChI is InChI=1S/C7H14BBrN2O/c1-8-6-10-2-3-11(9)5-7(12)4-10/h7,12H,1-6H2. The summed E-state index contributed by atoms with van der Waals surface area (Å²) in [5.74, 6) is 0. The van der Waals surface area contributed by atoms with E-state index in [-0.39, 0.29) is 6.10 Å². The van der Waals surface area contributed by atoms with E-state index in [9.17, 15) is 5.11 Å². The summed E-state index contributed by atoms with van der Waals surface area (Å²) in [6, 6.07) is 0. The van der Waals surface area contributed by atoms with Crippen LogP contribution in [0.15, 0.2) is 0 Å². The molecular formula is C7H14BBrN2O. The Hall–Kier alpha value is 0.295. The molecule has 0 aromatic rings. The van der Waals surface area contributed by atoms with E-state index in [1.807, 2.05) is 10.8 Å². The van der Waals surface area contributed by atoms with Crippen molar-refractivity contribution in [3.8, 4) is 0 Å². The van der Waals surface area contributed by atoms with Gasteiger partial charge in [0.15, 0.2) is 0 Å². The molecule has 0 radical (unpaired) electrons. The van der Waals surface area contributed by atoms with Crippen LogP contribution in [0.2, 0.25) is 0 Å². The summed E-state index contributed by atoms with van der Waals surface area (Å²) in [5.41, 5.74) is 0. The summed E-state index contributed by atoms with van der Waals surface area (Å²) in [4.78, 5) is 2.19. The zero-order valence-electron chi connectivity index (χ0n) is 7.12. The summed E-state index contributed by atoms with van der Waals surface area (Å²) in [7, 11) is 0. The Bertz CT molecular complexity index is 158. The van der Waals surface area contributed by atoms with Crippen LogP contribution in [0, 0.1) is 0 Å². The Balaban J connectivity index is 2.40. The summed E-state index contributed by atoms with van der Waals surface area (Å²) in [6.45, 7) is 8.93.